The molecule has 5 aromatic carbocycles. The highest BCUT2D eigenvalue weighted by molar-refractivity contribution is 7.99. The number of benzene rings is 5. The van der Waals surface area contributed by atoms with Gasteiger partial charge in [-0.2, -0.15) is 11.8 Å². The van der Waals surface area contributed by atoms with Crippen molar-refractivity contribution in [1.29, 1.82) is 0 Å². The van der Waals surface area contributed by atoms with Crippen molar-refractivity contribution in [2.75, 3.05) is 78.0 Å². The number of halogens is 1. The molecule has 2 fully saturated rings. The summed E-state index contributed by atoms with van der Waals surface area (Å²) in [5, 5.41) is 17.1. The van der Waals surface area contributed by atoms with Crippen LogP contribution in [0, 0.1) is 10.1 Å². The molecule has 0 spiro atoms. The van der Waals surface area contributed by atoms with Crippen LogP contribution in [0.3, 0.4) is 0 Å². The number of nitro groups is 1. The first-order valence-electron chi connectivity index (χ1n) is 20.3. The molecule has 61 heavy (non-hydrogen) atoms. The van der Waals surface area contributed by atoms with Crippen LogP contribution in [-0.4, -0.2) is 102 Å². The number of nitrogens with zero attached hydrogens (tertiary/aromatic N) is 6. The van der Waals surface area contributed by atoms with Crippen LogP contribution in [0.2, 0.25) is 5.02 Å². The van der Waals surface area contributed by atoms with Crippen molar-refractivity contribution in [3.63, 3.8) is 0 Å². The molecular weight excluding hydrogens is 848 g/mol. The van der Waals surface area contributed by atoms with Crippen LogP contribution < -0.4 is 14.9 Å². The van der Waals surface area contributed by atoms with E-state index in [0.717, 1.165) is 92.5 Å². The summed E-state index contributed by atoms with van der Waals surface area (Å²) in [6.07, 6.45) is 2.11. The first-order valence-corrected chi connectivity index (χ1v) is 24.3. The number of nitro benzene ring substituents is 1. The van der Waals surface area contributed by atoms with Gasteiger partial charge in [-0.1, -0.05) is 66.2 Å². The summed E-state index contributed by atoms with van der Waals surface area (Å²) < 4.78 is 30.3. The second-order valence-corrected chi connectivity index (χ2v) is 19.5. The molecule has 1 aromatic heterocycles. The molecule has 0 aliphatic carbocycles. The highest BCUT2D eigenvalue weighted by Gasteiger charge is 2.26. The van der Waals surface area contributed by atoms with E-state index in [1.165, 1.54) is 29.6 Å². The lowest BCUT2D eigenvalue weighted by atomic mass is 9.99. The lowest BCUT2D eigenvalue weighted by Gasteiger charge is -2.36. The fourth-order valence-electron chi connectivity index (χ4n) is 7.73. The van der Waals surface area contributed by atoms with E-state index in [4.69, 9.17) is 11.6 Å². The third kappa shape index (κ3) is 11.0. The zero-order chi connectivity index (χ0) is 42.2. The minimum absolute atomic E-state index is 0.0940. The van der Waals surface area contributed by atoms with Crippen molar-refractivity contribution in [2.24, 2.45) is 0 Å². The minimum atomic E-state index is -4.27. The third-order valence-electron chi connectivity index (χ3n) is 11.1. The van der Waals surface area contributed by atoms with Gasteiger partial charge < -0.3 is 15.1 Å². The molecule has 6 aromatic rings. The summed E-state index contributed by atoms with van der Waals surface area (Å²) in [7, 11) is -4.27. The fourth-order valence-corrected chi connectivity index (χ4v) is 10.9. The van der Waals surface area contributed by atoms with Crippen LogP contribution in [0.25, 0.3) is 22.0 Å². The van der Waals surface area contributed by atoms with Gasteiger partial charge in [-0.3, -0.25) is 19.7 Å². The number of sulfonamides is 1. The Labute approximate surface area is 370 Å². The molecule has 1 unspecified atom stereocenters. The Balaban J connectivity index is 0.934. The van der Waals surface area contributed by atoms with Gasteiger partial charge in [-0.15, -0.1) is 11.8 Å². The summed E-state index contributed by atoms with van der Waals surface area (Å²) in [5.41, 5.74) is 5.13. The molecular formula is C45H47ClN8O4S3. The number of thioether (sulfide) groups is 2. The number of aromatic nitrogens is 2. The Morgan fingerprint density at radius 3 is 2.36 bits per heavy atom. The van der Waals surface area contributed by atoms with E-state index in [-0.39, 0.29) is 28.1 Å². The molecule has 12 nitrogen and oxygen atoms in total. The van der Waals surface area contributed by atoms with Gasteiger partial charge in [-0.05, 0) is 77.7 Å². The molecule has 2 N–H and O–H groups in total. The minimum Gasteiger partial charge on any atom is -0.376 e. The second-order valence-electron chi connectivity index (χ2n) is 15.1. The van der Waals surface area contributed by atoms with E-state index in [0.29, 0.717) is 21.7 Å². The molecule has 8 rings (SSSR count). The number of piperazine rings is 1. The van der Waals surface area contributed by atoms with E-state index in [2.05, 4.69) is 71.1 Å². The lowest BCUT2D eigenvalue weighted by molar-refractivity contribution is -0.384. The quantitative estimate of drug-likeness (QED) is 0.0545. The standard InChI is InChI=1S/C45H47ClN8O4S3/c46-35-12-10-33(11-13-35)40-9-5-4-6-34(40)30-52-20-22-53(23-21-52)37-14-16-41-43(28-37)47-32-48-45(41)50-61(57,58)39-15-17-42(44(29-39)54(55)56)49-36(18-19-51-24-26-59-27-25-51)31-60-38-7-2-1-3-8-38/h1-17,28-29,32,36,49H,18-27,30-31H2,(H,47,48,50). The number of fused-ring (bicyclic) bond motifs is 1. The summed E-state index contributed by atoms with van der Waals surface area (Å²) in [5.74, 6) is 2.98. The van der Waals surface area contributed by atoms with Crippen molar-refractivity contribution >= 4 is 78.9 Å². The van der Waals surface area contributed by atoms with Gasteiger partial charge in [0.15, 0.2) is 5.82 Å². The topological polar surface area (TPSA) is 137 Å². The number of rotatable bonds is 16. The predicted molar refractivity (Wildman–Crippen MR) is 251 cm³/mol. The molecule has 0 radical (unpaired) electrons. The highest BCUT2D eigenvalue weighted by Crippen LogP contribution is 2.33. The summed E-state index contributed by atoms with van der Waals surface area (Å²) in [4.78, 5) is 28.7. The monoisotopic (exact) mass is 894 g/mol. The normalized spacial score (nSPS) is 15.7. The van der Waals surface area contributed by atoms with Gasteiger partial charge in [0, 0.05) is 103 Å². The number of hydrogen-bond acceptors (Lipinski definition) is 12. The van der Waals surface area contributed by atoms with Crippen LogP contribution in [0.15, 0.2) is 131 Å². The molecule has 1 atom stereocenters. The molecule has 16 heteroatoms. The van der Waals surface area contributed by atoms with Crippen LogP contribution >= 0.6 is 35.1 Å². The van der Waals surface area contributed by atoms with Gasteiger partial charge in [0.25, 0.3) is 15.7 Å². The average molecular weight is 896 g/mol. The molecule has 2 saturated heterocycles. The third-order valence-corrected chi connectivity index (χ3v) is 14.8. The first kappa shape index (κ1) is 42.8. The summed E-state index contributed by atoms with van der Waals surface area (Å²) in [6.45, 7) is 7.10. The van der Waals surface area contributed by atoms with Crippen LogP contribution in [0.5, 0.6) is 0 Å². The van der Waals surface area contributed by atoms with E-state index in [9.17, 15) is 18.5 Å². The number of hydrogen-bond donors (Lipinski definition) is 2. The molecule has 316 valence electrons. The van der Waals surface area contributed by atoms with E-state index in [1.54, 1.807) is 11.8 Å². The van der Waals surface area contributed by atoms with Crippen molar-refractivity contribution in [3.05, 3.63) is 142 Å². The van der Waals surface area contributed by atoms with Crippen LogP contribution in [0.4, 0.5) is 22.9 Å². The Bertz CT molecular complexity index is 2560. The van der Waals surface area contributed by atoms with E-state index >= 15 is 0 Å². The van der Waals surface area contributed by atoms with Gasteiger partial charge >= 0.3 is 0 Å². The average Bonchev–Trinajstić information content (AvgIpc) is 3.28. The fraction of sp³-hybridized carbons (Fsp3) is 0.289. The van der Waals surface area contributed by atoms with Crippen molar-refractivity contribution in [3.8, 4) is 11.1 Å². The Kier molecular flexibility index (Phi) is 13.9. The van der Waals surface area contributed by atoms with Gasteiger partial charge in [0.1, 0.15) is 12.0 Å². The van der Waals surface area contributed by atoms with Gasteiger partial charge in [0.05, 0.1) is 15.3 Å². The maximum absolute atomic E-state index is 13.8. The molecule has 2 aliphatic rings. The van der Waals surface area contributed by atoms with Gasteiger partial charge in [-0.25, -0.2) is 18.4 Å². The summed E-state index contributed by atoms with van der Waals surface area (Å²) >= 11 is 9.79. The lowest BCUT2D eigenvalue weighted by Crippen LogP contribution is -2.46. The summed E-state index contributed by atoms with van der Waals surface area (Å²) in [6, 6.07) is 36.1. The van der Waals surface area contributed by atoms with Crippen molar-refractivity contribution < 1.29 is 13.3 Å². The Morgan fingerprint density at radius 1 is 0.836 bits per heavy atom. The largest absolute Gasteiger partial charge is 0.376 e. The number of nitrogens with one attached hydrogen (secondary N) is 2. The molecule has 0 saturated carbocycles. The number of anilines is 3. The smallest absolute Gasteiger partial charge is 0.293 e. The first-order chi connectivity index (χ1) is 29.7. The van der Waals surface area contributed by atoms with E-state index in [1.807, 2.05) is 72.4 Å². The van der Waals surface area contributed by atoms with Crippen molar-refractivity contribution in [2.45, 2.75) is 28.8 Å². The molecule has 3 heterocycles. The second kappa shape index (κ2) is 19.9. The SMILES string of the molecule is O=[N+]([O-])c1cc(S(=O)(=O)Nc2ncnc3cc(N4CCN(Cc5ccccc5-c5ccc(Cl)cc5)CC4)ccc23)ccc1NC(CCN1CCSCC1)CSc1ccccc1. The Morgan fingerprint density at radius 2 is 1.59 bits per heavy atom. The zero-order valence-corrected chi connectivity index (χ0v) is 36.7. The highest BCUT2D eigenvalue weighted by atomic mass is 35.5. The predicted octanol–water partition coefficient (Wildman–Crippen LogP) is 8.99. The van der Waals surface area contributed by atoms with Crippen molar-refractivity contribution in [1.82, 2.24) is 19.8 Å². The van der Waals surface area contributed by atoms with E-state index < -0.39 is 14.9 Å². The maximum atomic E-state index is 13.8. The zero-order valence-electron chi connectivity index (χ0n) is 33.5. The van der Waals surface area contributed by atoms with Gasteiger partial charge in [0.2, 0.25) is 0 Å². The molecule has 0 amide bonds. The molecule has 0 bridgehead atoms. The van der Waals surface area contributed by atoms with Crippen LogP contribution in [0.1, 0.15) is 12.0 Å². The van der Waals surface area contributed by atoms with Crippen LogP contribution in [-0.2, 0) is 16.6 Å². The Hall–Kier alpha value is -4.90. The molecule has 2 aliphatic heterocycles. The maximum Gasteiger partial charge on any atom is 0.293 e.